The van der Waals surface area contributed by atoms with Crippen molar-refractivity contribution in [3.8, 4) is 0 Å². The zero-order chi connectivity index (χ0) is 23.6. The van der Waals surface area contributed by atoms with Crippen LogP contribution in [0.4, 0.5) is 5.00 Å². The fourth-order valence-corrected chi connectivity index (χ4v) is 4.31. The molecule has 0 aliphatic heterocycles. The van der Waals surface area contributed by atoms with Crippen molar-refractivity contribution in [1.82, 2.24) is 9.55 Å². The summed E-state index contributed by atoms with van der Waals surface area (Å²) in [6.45, 7) is 2.23. The summed E-state index contributed by atoms with van der Waals surface area (Å²) in [7, 11) is 3.50. The summed E-state index contributed by atoms with van der Waals surface area (Å²) in [6, 6.07) is 8.76. The zero-order valence-electron chi connectivity index (χ0n) is 17.9. The van der Waals surface area contributed by atoms with Gasteiger partial charge < -0.3 is 15.1 Å². The standard InChI is InChI=1S/C22H23N3O6S/c1-12-23-16-6-4-13(10-15(16)21(29)25(12)3)11-24(2)18-8-7-17(32-18)20(28)14(22(30)31)5-9-19(26)27/h4,6-8,10,14H,5,9,11H2,1-3H3,(H,26,27)(H,30,31). The number of carbonyl (C=O) groups is 3. The van der Waals surface area contributed by atoms with E-state index in [2.05, 4.69) is 4.98 Å². The van der Waals surface area contributed by atoms with E-state index in [0.717, 1.165) is 21.9 Å². The number of anilines is 1. The van der Waals surface area contributed by atoms with Gasteiger partial charge >= 0.3 is 11.9 Å². The van der Waals surface area contributed by atoms with Crippen molar-refractivity contribution in [2.75, 3.05) is 11.9 Å². The average molecular weight is 458 g/mol. The van der Waals surface area contributed by atoms with Crippen LogP contribution >= 0.6 is 11.3 Å². The van der Waals surface area contributed by atoms with Gasteiger partial charge in [0, 0.05) is 27.1 Å². The molecule has 9 nitrogen and oxygen atoms in total. The molecule has 168 valence electrons. The molecule has 0 radical (unpaired) electrons. The molecule has 0 saturated carbocycles. The minimum Gasteiger partial charge on any atom is -0.481 e. The number of benzene rings is 1. The summed E-state index contributed by atoms with van der Waals surface area (Å²) in [5, 5.41) is 19.4. The molecule has 3 rings (SSSR count). The topological polar surface area (TPSA) is 130 Å². The van der Waals surface area contributed by atoms with Gasteiger partial charge in [0.1, 0.15) is 11.7 Å². The molecule has 0 bridgehead atoms. The Morgan fingerprint density at radius 3 is 2.56 bits per heavy atom. The van der Waals surface area contributed by atoms with E-state index in [0.29, 0.717) is 23.3 Å². The Morgan fingerprint density at radius 1 is 1.19 bits per heavy atom. The van der Waals surface area contributed by atoms with Crippen molar-refractivity contribution in [2.45, 2.75) is 26.3 Å². The Bertz CT molecular complexity index is 1260. The molecule has 0 saturated heterocycles. The fourth-order valence-electron chi connectivity index (χ4n) is 3.35. The Morgan fingerprint density at radius 2 is 1.91 bits per heavy atom. The maximum atomic E-state index is 12.6. The van der Waals surface area contributed by atoms with Crippen molar-refractivity contribution >= 4 is 45.0 Å². The van der Waals surface area contributed by atoms with Crippen LogP contribution in [0.15, 0.2) is 35.1 Å². The van der Waals surface area contributed by atoms with Gasteiger partial charge in [0.2, 0.25) is 0 Å². The third-order valence-electron chi connectivity index (χ3n) is 5.26. The first-order valence-corrected chi connectivity index (χ1v) is 10.7. The molecular formula is C22H23N3O6S. The van der Waals surface area contributed by atoms with Crippen molar-refractivity contribution in [3.63, 3.8) is 0 Å². The van der Waals surface area contributed by atoms with Crippen LogP contribution in [-0.2, 0) is 23.2 Å². The summed E-state index contributed by atoms with van der Waals surface area (Å²) in [4.78, 5) is 53.9. The van der Waals surface area contributed by atoms with Crippen molar-refractivity contribution in [3.05, 3.63) is 57.0 Å². The van der Waals surface area contributed by atoms with Crippen LogP contribution in [0.3, 0.4) is 0 Å². The number of carbonyl (C=O) groups excluding carboxylic acids is 1. The number of rotatable bonds is 9. The van der Waals surface area contributed by atoms with Crippen LogP contribution in [0.1, 0.15) is 33.9 Å². The van der Waals surface area contributed by atoms with E-state index in [1.54, 1.807) is 38.2 Å². The molecule has 2 heterocycles. The third-order valence-corrected chi connectivity index (χ3v) is 6.47. The van der Waals surface area contributed by atoms with Crippen LogP contribution in [0.5, 0.6) is 0 Å². The number of hydrogen-bond donors (Lipinski definition) is 2. The van der Waals surface area contributed by atoms with Crippen LogP contribution in [0, 0.1) is 12.8 Å². The van der Waals surface area contributed by atoms with Crippen LogP contribution < -0.4 is 10.5 Å². The molecule has 2 aromatic heterocycles. The number of thiophene rings is 1. The molecule has 0 aliphatic carbocycles. The van der Waals surface area contributed by atoms with E-state index < -0.39 is 30.1 Å². The number of carboxylic acid groups (broad SMARTS) is 2. The number of carboxylic acids is 2. The Hall–Kier alpha value is -3.53. The van der Waals surface area contributed by atoms with Crippen LogP contribution in [0.25, 0.3) is 10.9 Å². The van der Waals surface area contributed by atoms with Gasteiger partial charge in [-0.05, 0) is 43.2 Å². The molecule has 3 aromatic rings. The molecular weight excluding hydrogens is 434 g/mol. The molecule has 10 heteroatoms. The predicted molar refractivity (Wildman–Crippen MR) is 120 cm³/mol. The van der Waals surface area contributed by atoms with Gasteiger partial charge in [-0.2, -0.15) is 0 Å². The first-order chi connectivity index (χ1) is 15.1. The maximum absolute atomic E-state index is 12.6. The fraction of sp³-hybridized carbons (Fsp3) is 0.318. The van der Waals surface area contributed by atoms with Gasteiger partial charge in [-0.1, -0.05) is 6.07 Å². The first-order valence-electron chi connectivity index (χ1n) is 9.84. The van der Waals surface area contributed by atoms with Gasteiger partial charge in [-0.15, -0.1) is 11.3 Å². The second-order valence-electron chi connectivity index (χ2n) is 7.56. The van der Waals surface area contributed by atoms with Gasteiger partial charge in [-0.3, -0.25) is 23.7 Å². The summed E-state index contributed by atoms with van der Waals surface area (Å²) < 4.78 is 1.50. The number of fused-ring (bicyclic) bond motifs is 1. The highest BCUT2D eigenvalue weighted by atomic mass is 32.1. The predicted octanol–water partition coefficient (Wildman–Crippen LogP) is 2.69. The molecule has 1 unspecified atom stereocenters. The van der Waals surface area contributed by atoms with E-state index in [1.165, 1.54) is 4.57 Å². The van der Waals surface area contributed by atoms with Crippen molar-refractivity contribution < 1.29 is 24.6 Å². The van der Waals surface area contributed by atoms with Gasteiger partial charge in [0.25, 0.3) is 5.56 Å². The van der Waals surface area contributed by atoms with Crippen molar-refractivity contribution in [2.24, 2.45) is 13.0 Å². The summed E-state index contributed by atoms with van der Waals surface area (Å²) in [5.74, 6) is -3.84. The number of Topliss-reactive ketones (excluding diaryl/α,β-unsaturated/α-hetero) is 1. The van der Waals surface area contributed by atoms with Gasteiger partial charge in [0.15, 0.2) is 5.78 Å². The maximum Gasteiger partial charge on any atom is 0.314 e. The largest absolute Gasteiger partial charge is 0.481 e. The van der Waals surface area contributed by atoms with Gasteiger partial charge in [0.05, 0.1) is 20.8 Å². The van der Waals surface area contributed by atoms with E-state index in [1.807, 2.05) is 18.0 Å². The summed E-state index contributed by atoms with van der Waals surface area (Å²) >= 11 is 1.15. The van der Waals surface area contributed by atoms with Gasteiger partial charge in [-0.25, -0.2) is 4.98 Å². The molecule has 0 spiro atoms. The molecule has 0 fully saturated rings. The normalized spacial score (nSPS) is 12.0. The monoisotopic (exact) mass is 457 g/mol. The Kier molecular flexibility index (Phi) is 6.73. The molecule has 1 atom stereocenters. The quantitative estimate of drug-likeness (QED) is 0.371. The Labute approximate surface area is 187 Å². The first kappa shape index (κ1) is 23.1. The minimum absolute atomic E-state index is 0.123. The van der Waals surface area contributed by atoms with E-state index in [-0.39, 0.29) is 16.9 Å². The Balaban J connectivity index is 1.79. The molecule has 0 amide bonds. The molecule has 32 heavy (non-hydrogen) atoms. The number of nitrogens with zero attached hydrogens (tertiary/aromatic N) is 3. The average Bonchev–Trinajstić information content (AvgIpc) is 3.22. The highest BCUT2D eigenvalue weighted by Gasteiger charge is 2.29. The molecule has 1 aromatic carbocycles. The second kappa shape index (κ2) is 9.31. The smallest absolute Gasteiger partial charge is 0.314 e. The number of hydrogen-bond acceptors (Lipinski definition) is 7. The SMILES string of the molecule is Cc1nc2ccc(CN(C)c3ccc(C(=O)C(CCC(=O)O)C(=O)O)s3)cc2c(=O)n1C. The third kappa shape index (κ3) is 4.86. The summed E-state index contributed by atoms with van der Waals surface area (Å²) in [6.07, 6.45) is -0.650. The zero-order valence-corrected chi connectivity index (χ0v) is 18.7. The number of aliphatic carboxylic acids is 2. The lowest BCUT2D eigenvalue weighted by molar-refractivity contribution is -0.141. The number of aromatic nitrogens is 2. The number of aryl methyl sites for hydroxylation is 1. The van der Waals surface area contributed by atoms with Crippen LogP contribution in [0.2, 0.25) is 0 Å². The van der Waals surface area contributed by atoms with E-state index >= 15 is 0 Å². The highest BCUT2D eigenvalue weighted by molar-refractivity contribution is 7.18. The summed E-state index contributed by atoms with van der Waals surface area (Å²) in [5.41, 5.74) is 1.39. The lowest BCUT2D eigenvalue weighted by Crippen LogP contribution is -2.24. The molecule has 2 N–H and O–H groups in total. The number of ketones is 1. The molecule has 0 aliphatic rings. The minimum atomic E-state index is -1.39. The van der Waals surface area contributed by atoms with E-state index in [4.69, 9.17) is 5.11 Å². The van der Waals surface area contributed by atoms with E-state index in [9.17, 15) is 24.3 Å². The van der Waals surface area contributed by atoms with Crippen LogP contribution in [-0.4, -0.2) is 44.5 Å². The lowest BCUT2D eigenvalue weighted by atomic mass is 9.97. The highest BCUT2D eigenvalue weighted by Crippen LogP contribution is 2.29. The lowest BCUT2D eigenvalue weighted by Gasteiger charge is -2.17. The van der Waals surface area contributed by atoms with Crippen molar-refractivity contribution in [1.29, 1.82) is 0 Å². The second-order valence-corrected chi connectivity index (χ2v) is 8.62.